The molecule has 0 aliphatic carbocycles. The molecule has 2 aromatic rings. The van der Waals surface area contributed by atoms with Crippen LogP contribution in [-0.2, 0) is 11.3 Å². The maximum Gasteiger partial charge on any atom is 0.389 e. The number of aromatic nitrogens is 1. The second-order valence-corrected chi connectivity index (χ2v) is 9.55. The maximum atomic E-state index is 13.5. The van der Waals surface area contributed by atoms with Gasteiger partial charge >= 0.3 is 6.18 Å². The molecule has 2 heterocycles. The van der Waals surface area contributed by atoms with E-state index in [4.69, 9.17) is 4.74 Å². The van der Waals surface area contributed by atoms with Crippen molar-refractivity contribution in [1.29, 1.82) is 0 Å². The van der Waals surface area contributed by atoms with Crippen molar-refractivity contribution in [1.82, 2.24) is 14.8 Å². The topological polar surface area (TPSA) is 95.0 Å². The Kier molecular flexibility index (Phi) is 9.50. The average molecular weight is 523 g/mol. The van der Waals surface area contributed by atoms with Gasteiger partial charge in [0.2, 0.25) is 5.91 Å². The number of hydrogen-bond acceptors (Lipinski definition) is 6. The first kappa shape index (κ1) is 28.4. The largest absolute Gasteiger partial charge is 0.488 e. The molecule has 1 aromatic heterocycles. The number of benzene rings is 1. The van der Waals surface area contributed by atoms with E-state index < -0.39 is 36.9 Å². The number of nitrogens with one attached hydrogen (secondary N) is 1. The van der Waals surface area contributed by atoms with Crippen LogP contribution in [0.25, 0.3) is 0 Å². The summed E-state index contributed by atoms with van der Waals surface area (Å²) in [7, 11) is 1.97. The van der Waals surface area contributed by atoms with E-state index in [0.717, 1.165) is 5.56 Å². The third-order valence-electron chi connectivity index (χ3n) is 6.28. The molecule has 202 valence electrons. The summed E-state index contributed by atoms with van der Waals surface area (Å²) < 4.78 is 43.7. The Balaban J connectivity index is 1.84. The average Bonchev–Trinajstić information content (AvgIpc) is 2.85. The zero-order valence-electron chi connectivity index (χ0n) is 21.2. The number of ether oxygens (including phenoxy) is 1. The van der Waals surface area contributed by atoms with Crippen LogP contribution >= 0.6 is 0 Å². The number of hydrogen-bond donors (Lipinski definition) is 2. The summed E-state index contributed by atoms with van der Waals surface area (Å²) in [5, 5.41) is 12.2. The van der Waals surface area contributed by atoms with Crippen molar-refractivity contribution in [2.75, 3.05) is 32.1 Å². The Morgan fingerprint density at radius 1 is 1.30 bits per heavy atom. The number of amides is 2. The van der Waals surface area contributed by atoms with Gasteiger partial charge in [-0.3, -0.25) is 19.5 Å². The van der Waals surface area contributed by atoms with E-state index in [-0.39, 0.29) is 29.9 Å². The van der Waals surface area contributed by atoms with Crippen molar-refractivity contribution in [3.05, 3.63) is 53.9 Å². The molecule has 0 saturated heterocycles. The van der Waals surface area contributed by atoms with Crippen LogP contribution in [-0.4, -0.2) is 76.8 Å². The zero-order valence-corrected chi connectivity index (χ0v) is 21.2. The third-order valence-corrected chi connectivity index (χ3v) is 6.28. The van der Waals surface area contributed by atoms with Crippen LogP contribution in [0.2, 0.25) is 0 Å². The number of rotatable bonds is 9. The lowest BCUT2D eigenvalue weighted by Crippen LogP contribution is -2.49. The lowest BCUT2D eigenvalue weighted by molar-refractivity contribution is -0.142. The van der Waals surface area contributed by atoms with Gasteiger partial charge in [0.25, 0.3) is 5.91 Å². The fourth-order valence-corrected chi connectivity index (χ4v) is 4.17. The molecule has 1 aliphatic heterocycles. The number of nitrogens with zero attached hydrogens (tertiary/aromatic N) is 3. The lowest BCUT2D eigenvalue weighted by Gasteiger charge is -2.38. The van der Waals surface area contributed by atoms with Gasteiger partial charge in [-0.05, 0) is 49.9 Å². The summed E-state index contributed by atoms with van der Waals surface area (Å²) in [6.45, 7) is 5.02. The van der Waals surface area contributed by atoms with Crippen LogP contribution in [0, 0.1) is 5.92 Å². The van der Waals surface area contributed by atoms with E-state index >= 15 is 0 Å². The summed E-state index contributed by atoms with van der Waals surface area (Å²) in [6.07, 6.45) is -3.24. The predicted octanol–water partition coefficient (Wildman–Crippen LogP) is 3.71. The van der Waals surface area contributed by atoms with Crippen molar-refractivity contribution in [3.63, 3.8) is 0 Å². The molecule has 2 amide bonds. The molecule has 0 fully saturated rings. The van der Waals surface area contributed by atoms with Gasteiger partial charge < -0.3 is 20.1 Å². The van der Waals surface area contributed by atoms with Gasteiger partial charge in [0.15, 0.2) is 0 Å². The molecule has 0 saturated carbocycles. The van der Waals surface area contributed by atoms with E-state index in [2.05, 4.69) is 15.2 Å². The van der Waals surface area contributed by atoms with Gasteiger partial charge in [-0.15, -0.1) is 0 Å². The third kappa shape index (κ3) is 8.16. The first-order chi connectivity index (χ1) is 17.5. The Labute approximate surface area is 214 Å². The molecule has 8 nitrogen and oxygen atoms in total. The molecule has 0 radical (unpaired) electrons. The minimum absolute atomic E-state index is 0.0762. The predicted molar refractivity (Wildman–Crippen MR) is 132 cm³/mol. The van der Waals surface area contributed by atoms with Crippen LogP contribution in [0.5, 0.6) is 5.75 Å². The first-order valence-corrected chi connectivity index (χ1v) is 12.1. The number of anilines is 1. The molecular weight excluding hydrogens is 489 g/mol. The number of carbonyl (C=O) groups excluding carboxylic acids is 2. The molecule has 1 aromatic carbocycles. The molecule has 0 bridgehead atoms. The van der Waals surface area contributed by atoms with E-state index in [0.29, 0.717) is 25.4 Å². The van der Waals surface area contributed by atoms with E-state index in [1.54, 1.807) is 30.3 Å². The first-order valence-electron chi connectivity index (χ1n) is 12.1. The highest BCUT2D eigenvalue weighted by atomic mass is 19.4. The summed E-state index contributed by atoms with van der Waals surface area (Å²) in [6, 6.07) is 7.85. The SMILES string of the molecule is C[C@H]1CN([C@@H](C)CO)C(=O)c2cc(NC(=O)CCC(F)(F)F)ccc2O[C@H]1CN(C)Cc1ccncc1. The summed E-state index contributed by atoms with van der Waals surface area (Å²) in [4.78, 5) is 33.2. The van der Waals surface area contributed by atoms with E-state index in [9.17, 15) is 27.9 Å². The Morgan fingerprint density at radius 2 is 2.00 bits per heavy atom. The van der Waals surface area contributed by atoms with Gasteiger partial charge in [0, 0.05) is 50.1 Å². The zero-order chi connectivity index (χ0) is 27.2. The highest BCUT2D eigenvalue weighted by Crippen LogP contribution is 2.31. The Bertz CT molecular complexity index is 1070. The summed E-state index contributed by atoms with van der Waals surface area (Å²) >= 11 is 0. The summed E-state index contributed by atoms with van der Waals surface area (Å²) in [5.41, 5.74) is 1.45. The number of alkyl halides is 3. The van der Waals surface area contributed by atoms with Crippen molar-refractivity contribution in [2.45, 2.75) is 51.6 Å². The highest BCUT2D eigenvalue weighted by Gasteiger charge is 2.34. The Hall–Kier alpha value is -3.18. The molecule has 0 spiro atoms. The van der Waals surface area contributed by atoms with E-state index in [1.165, 1.54) is 12.1 Å². The molecule has 3 rings (SSSR count). The Morgan fingerprint density at radius 3 is 2.65 bits per heavy atom. The molecule has 0 unspecified atom stereocenters. The standard InChI is InChI=1S/C26H33F3N4O4/c1-17-13-33(18(2)16-34)25(36)21-12-20(31-24(35)6-9-26(27,28)29)4-5-22(21)37-23(17)15-32(3)14-19-7-10-30-11-8-19/h4-5,7-8,10-12,17-18,23,34H,6,9,13-16H2,1-3H3,(H,31,35)/t17-,18-,23-/m0/s1. The van der Waals surface area contributed by atoms with Crippen molar-refractivity contribution < 1.29 is 32.6 Å². The molecule has 2 N–H and O–H groups in total. The second-order valence-electron chi connectivity index (χ2n) is 9.55. The quantitative estimate of drug-likeness (QED) is 0.522. The highest BCUT2D eigenvalue weighted by molar-refractivity contribution is 5.99. The number of aliphatic hydroxyl groups excluding tert-OH is 1. The maximum absolute atomic E-state index is 13.5. The van der Waals surface area contributed by atoms with Crippen molar-refractivity contribution >= 4 is 17.5 Å². The van der Waals surface area contributed by atoms with Gasteiger partial charge in [0.05, 0.1) is 24.6 Å². The smallest absolute Gasteiger partial charge is 0.389 e. The minimum atomic E-state index is -4.44. The fraction of sp³-hybridized carbons (Fsp3) is 0.500. The molecule has 11 heteroatoms. The monoisotopic (exact) mass is 522 g/mol. The summed E-state index contributed by atoms with van der Waals surface area (Å²) in [5.74, 6) is -0.963. The number of halogens is 3. The molecular formula is C26H33F3N4O4. The van der Waals surface area contributed by atoms with Crippen molar-refractivity contribution in [2.24, 2.45) is 5.92 Å². The minimum Gasteiger partial charge on any atom is -0.488 e. The van der Waals surface area contributed by atoms with Gasteiger partial charge in [-0.25, -0.2) is 0 Å². The van der Waals surface area contributed by atoms with Crippen LogP contribution in [0.4, 0.5) is 18.9 Å². The number of fused-ring (bicyclic) bond motifs is 1. The second kappa shape index (κ2) is 12.4. The number of pyridine rings is 1. The van der Waals surface area contributed by atoms with Crippen LogP contribution in [0.1, 0.15) is 42.6 Å². The van der Waals surface area contributed by atoms with E-state index in [1.807, 2.05) is 26.1 Å². The number of likely N-dealkylation sites (N-methyl/N-ethyl adjacent to an activating group) is 1. The van der Waals surface area contributed by atoms with Crippen LogP contribution < -0.4 is 10.1 Å². The van der Waals surface area contributed by atoms with Crippen LogP contribution in [0.15, 0.2) is 42.7 Å². The lowest BCUT2D eigenvalue weighted by atomic mass is 9.99. The fourth-order valence-electron chi connectivity index (χ4n) is 4.17. The normalized spacial score (nSPS) is 19.0. The van der Waals surface area contributed by atoms with Gasteiger partial charge in [-0.2, -0.15) is 13.2 Å². The van der Waals surface area contributed by atoms with Gasteiger partial charge in [0.1, 0.15) is 11.9 Å². The number of aliphatic hydroxyl groups is 1. The van der Waals surface area contributed by atoms with Crippen LogP contribution in [0.3, 0.4) is 0 Å². The molecule has 3 atom stereocenters. The molecule has 1 aliphatic rings. The van der Waals surface area contributed by atoms with Crippen molar-refractivity contribution in [3.8, 4) is 5.75 Å². The molecule has 37 heavy (non-hydrogen) atoms. The number of carbonyl (C=O) groups is 2. The van der Waals surface area contributed by atoms with Gasteiger partial charge in [-0.1, -0.05) is 6.92 Å².